The van der Waals surface area contributed by atoms with Crippen LogP contribution in [0, 0.1) is 5.92 Å². The first kappa shape index (κ1) is 20.0. The highest BCUT2D eigenvalue weighted by Gasteiger charge is 2.35. The Morgan fingerprint density at radius 2 is 2.00 bits per heavy atom. The van der Waals surface area contributed by atoms with E-state index in [4.69, 9.17) is 14.2 Å². The van der Waals surface area contributed by atoms with Gasteiger partial charge >= 0.3 is 0 Å². The minimum Gasteiger partial charge on any atom is -0.493 e. The molecule has 1 heterocycles. The predicted molar refractivity (Wildman–Crippen MR) is 104 cm³/mol. The lowest BCUT2D eigenvalue weighted by Gasteiger charge is -2.39. The number of carbonyl (C=O) groups excluding carboxylic acids is 1. The molecule has 1 amide bonds. The lowest BCUT2D eigenvalue weighted by molar-refractivity contribution is -0.128. The number of amides is 1. The highest BCUT2D eigenvalue weighted by atomic mass is 16.5. The zero-order chi connectivity index (χ0) is 19.1. The fourth-order valence-corrected chi connectivity index (χ4v) is 4.36. The average molecular weight is 376 g/mol. The molecule has 1 aromatic rings. The van der Waals surface area contributed by atoms with Crippen LogP contribution in [0.2, 0.25) is 0 Å². The van der Waals surface area contributed by atoms with Gasteiger partial charge in [0.25, 0.3) is 0 Å². The van der Waals surface area contributed by atoms with Crippen LogP contribution in [-0.2, 0) is 16.1 Å². The van der Waals surface area contributed by atoms with E-state index in [1.807, 2.05) is 12.1 Å². The highest BCUT2D eigenvalue weighted by molar-refractivity contribution is 5.79. The third-order valence-electron chi connectivity index (χ3n) is 5.67. The number of methoxy groups -OCH3 is 2. The predicted octanol–water partition coefficient (Wildman–Crippen LogP) is 2.60. The zero-order valence-electron chi connectivity index (χ0n) is 16.5. The molecule has 1 saturated heterocycles. The number of ether oxygens (including phenoxy) is 3. The number of fused-ring (bicyclic) bond motifs is 1. The Bertz CT molecular complexity index is 622. The Balaban J connectivity index is 1.86. The molecule has 1 aliphatic heterocycles. The fourth-order valence-electron chi connectivity index (χ4n) is 4.36. The van der Waals surface area contributed by atoms with Crippen molar-refractivity contribution in [1.29, 1.82) is 0 Å². The molecule has 0 aromatic heterocycles. The first-order valence-electron chi connectivity index (χ1n) is 10.0. The molecule has 0 bridgehead atoms. The van der Waals surface area contributed by atoms with Crippen molar-refractivity contribution in [1.82, 2.24) is 10.2 Å². The Morgan fingerprint density at radius 1 is 1.15 bits per heavy atom. The average Bonchev–Trinajstić information content (AvgIpc) is 2.74. The molecule has 6 nitrogen and oxygen atoms in total. The van der Waals surface area contributed by atoms with E-state index in [1.165, 1.54) is 6.42 Å². The van der Waals surface area contributed by atoms with Crippen molar-refractivity contribution in [2.75, 3.05) is 40.5 Å². The Labute approximate surface area is 162 Å². The Kier molecular flexibility index (Phi) is 7.35. The van der Waals surface area contributed by atoms with E-state index in [1.54, 1.807) is 14.2 Å². The van der Waals surface area contributed by atoms with Crippen molar-refractivity contribution < 1.29 is 19.0 Å². The molecule has 6 heteroatoms. The SMILES string of the molecule is COc1cccc(CN2CCCOCCNC(=O)[C@@H]3CCCC[C@@H]32)c1OC. The van der Waals surface area contributed by atoms with E-state index in [2.05, 4.69) is 16.3 Å². The number of benzene rings is 1. The second kappa shape index (κ2) is 9.95. The molecule has 27 heavy (non-hydrogen) atoms. The van der Waals surface area contributed by atoms with Crippen LogP contribution in [0.25, 0.3) is 0 Å². The van der Waals surface area contributed by atoms with Gasteiger partial charge in [0.05, 0.1) is 26.7 Å². The largest absolute Gasteiger partial charge is 0.493 e. The van der Waals surface area contributed by atoms with E-state index in [9.17, 15) is 4.79 Å². The number of nitrogens with zero attached hydrogens (tertiary/aromatic N) is 1. The first-order valence-corrected chi connectivity index (χ1v) is 10.0. The highest BCUT2D eigenvalue weighted by Crippen LogP contribution is 2.35. The van der Waals surface area contributed by atoms with Gasteiger partial charge < -0.3 is 19.5 Å². The van der Waals surface area contributed by atoms with Crippen LogP contribution >= 0.6 is 0 Å². The molecule has 0 unspecified atom stereocenters. The standard InChI is InChI=1S/C21H32N2O4/c1-25-19-10-5-7-16(20(19)26-2)15-23-12-6-13-27-14-11-22-21(24)17-8-3-4-9-18(17)23/h5,7,10,17-18H,3-4,6,8-9,11-15H2,1-2H3,(H,22,24)/t17-,18+/m1/s1. The number of carbonyl (C=O) groups is 1. The third-order valence-corrected chi connectivity index (χ3v) is 5.67. The summed E-state index contributed by atoms with van der Waals surface area (Å²) in [6.45, 7) is 3.57. The number of hydrogen-bond donors (Lipinski definition) is 1. The number of rotatable bonds is 4. The van der Waals surface area contributed by atoms with Crippen molar-refractivity contribution in [2.24, 2.45) is 5.92 Å². The summed E-state index contributed by atoms with van der Waals surface area (Å²) in [6.07, 6.45) is 5.29. The zero-order valence-corrected chi connectivity index (χ0v) is 16.5. The molecular weight excluding hydrogens is 344 g/mol. The summed E-state index contributed by atoms with van der Waals surface area (Å²) in [5.74, 6) is 1.75. The van der Waals surface area contributed by atoms with Crippen molar-refractivity contribution in [2.45, 2.75) is 44.7 Å². The van der Waals surface area contributed by atoms with E-state index in [-0.39, 0.29) is 17.9 Å². The van der Waals surface area contributed by atoms with Gasteiger partial charge in [-0.1, -0.05) is 25.0 Å². The molecule has 1 aliphatic carbocycles. The van der Waals surface area contributed by atoms with Gasteiger partial charge in [-0.15, -0.1) is 0 Å². The molecule has 2 fully saturated rings. The normalized spacial score (nSPS) is 25.0. The lowest BCUT2D eigenvalue weighted by atomic mass is 9.82. The monoisotopic (exact) mass is 376 g/mol. The van der Waals surface area contributed by atoms with Crippen molar-refractivity contribution >= 4 is 5.91 Å². The summed E-state index contributed by atoms with van der Waals surface area (Å²) in [6, 6.07) is 6.26. The first-order chi connectivity index (χ1) is 13.2. The molecule has 3 rings (SSSR count). The molecule has 2 atom stereocenters. The van der Waals surface area contributed by atoms with E-state index >= 15 is 0 Å². The molecule has 150 valence electrons. The maximum Gasteiger partial charge on any atom is 0.224 e. The van der Waals surface area contributed by atoms with Gasteiger partial charge in [0, 0.05) is 37.8 Å². The van der Waals surface area contributed by atoms with E-state index < -0.39 is 0 Å². The van der Waals surface area contributed by atoms with Gasteiger partial charge in [-0.3, -0.25) is 9.69 Å². The Hall–Kier alpha value is -1.79. The maximum absolute atomic E-state index is 12.8. The van der Waals surface area contributed by atoms with Crippen LogP contribution in [0.4, 0.5) is 0 Å². The number of para-hydroxylation sites is 1. The summed E-state index contributed by atoms with van der Waals surface area (Å²) in [4.78, 5) is 15.2. The Morgan fingerprint density at radius 3 is 2.81 bits per heavy atom. The van der Waals surface area contributed by atoms with Crippen LogP contribution in [0.5, 0.6) is 11.5 Å². The summed E-state index contributed by atoms with van der Waals surface area (Å²) in [5.41, 5.74) is 1.09. The van der Waals surface area contributed by atoms with Crippen molar-refractivity contribution in [3.05, 3.63) is 23.8 Å². The second-order valence-corrected chi connectivity index (χ2v) is 7.34. The second-order valence-electron chi connectivity index (χ2n) is 7.34. The van der Waals surface area contributed by atoms with E-state index in [0.717, 1.165) is 62.4 Å². The minimum atomic E-state index is 0.0495. The number of nitrogens with one attached hydrogen (secondary N) is 1. The molecule has 1 N–H and O–H groups in total. The summed E-state index contributed by atoms with van der Waals surface area (Å²) in [5, 5.41) is 3.07. The van der Waals surface area contributed by atoms with E-state index in [0.29, 0.717) is 13.2 Å². The van der Waals surface area contributed by atoms with Crippen LogP contribution in [0.1, 0.15) is 37.7 Å². The van der Waals surface area contributed by atoms with Crippen LogP contribution in [0.15, 0.2) is 18.2 Å². The van der Waals surface area contributed by atoms with Crippen LogP contribution in [-0.4, -0.2) is 57.4 Å². The summed E-state index contributed by atoms with van der Waals surface area (Å²) >= 11 is 0. The lowest BCUT2D eigenvalue weighted by Crippen LogP contribution is -2.48. The molecule has 1 saturated carbocycles. The third kappa shape index (κ3) is 4.93. The quantitative estimate of drug-likeness (QED) is 0.875. The van der Waals surface area contributed by atoms with Gasteiger partial charge in [-0.2, -0.15) is 0 Å². The van der Waals surface area contributed by atoms with Gasteiger partial charge in [-0.05, 0) is 25.3 Å². The molecule has 0 radical (unpaired) electrons. The van der Waals surface area contributed by atoms with Gasteiger partial charge in [0.1, 0.15) is 0 Å². The van der Waals surface area contributed by atoms with Crippen LogP contribution < -0.4 is 14.8 Å². The minimum absolute atomic E-state index is 0.0495. The van der Waals surface area contributed by atoms with Gasteiger partial charge in [0.2, 0.25) is 5.91 Å². The topological polar surface area (TPSA) is 60.0 Å². The smallest absolute Gasteiger partial charge is 0.224 e. The fraction of sp³-hybridized carbons (Fsp3) is 0.667. The number of hydrogen-bond acceptors (Lipinski definition) is 5. The van der Waals surface area contributed by atoms with Crippen molar-refractivity contribution in [3.8, 4) is 11.5 Å². The van der Waals surface area contributed by atoms with Gasteiger partial charge in [-0.25, -0.2) is 0 Å². The molecule has 0 spiro atoms. The maximum atomic E-state index is 12.8. The molecule has 1 aromatic carbocycles. The summed E-state index contributed by atoms with van der Waals surface area (Å²) < 4.78 is 16.8. The molecule has 2 aliphatic rings. The summed E-state index contributed by atoms with van der Waals surface area (Å²) in [7, 11) is 3.34. The van der Waals surface area contributed by atoms with Crippen molar-refractivity contribution in [3.63, 3.8) is 0 Å². The van der Waals surface area contributed by atoms with Crippen LogP contribution in [0.3, 0.4) is 0 Å². The molecular formula is C21H32N2O4. The van der Waals surface area contributed by atoms with Gasteiger partial charge in [0.15, 0.2) is 11.5 Å².